The highest BCUT2D eigenvalue weighted by Crippen LogP contribution is 2.15. The molecule has 3 aromatic rings. The molecule has 0 saturated carbocycles. The summed E-state index contributed by atoms with van der Waals surface area (Å²) in [7, 11) is 0. The fourth-order valence-electron chi connectivity index (χ4n) is 2.91. The molecule has 4 nitrogen and oxygen atoms in total. The number of hydrogen-bond acceptors (Lipinski definition) is 2. The number of pyridine rings is 1. The molecule has 26 heavy (non-hydrogen) atoms. The molecule has 0 unspecified atom stereocenters. The lowest BCUT2D eigenvalue weighted by Gasteiger charge is -2.07. The molecule has 0 bridgehead atoms. The zero-order chi connectivity index (χ0) is 18.5. The van der Waals surface area contributed by atoms with Gasteiger partial charge in [-0.3, -0.25) is 9.59 Å². The van der Waals surface area contributed by atoms with Crippen LogP contribution in [0.2, 0.25) is 5.02 Å². The average Bonchev–Trinajstić information content (AvgIpc) is 2.61. The van der Waals surface area contributed by atoms with Crippen LogP contribution in [0.3, 0.4) is 0 Å². The van der Waals surface area contributed by atoms with Gasteiger partial charge in [0.1, 0.15) is 0 Å². The molecule has 1 aromatic heterocycles. The minimum absolute atomic E-state index is 0.0322. The van der Waals surface area contributed by atoms with E-state index in [0.29, 0.717) is 30.0 Å². The Bertz CT molecular complexity index is 995. The monoisotopic (exact) mass is 368 g/mol. The summed E-state index contributed by atoms with van der Waals surface area (Å²) in [6.07, 6.45) is 1.86. The average molecular weight is 369 g/mol. The van der Waals surface area contributed by atoms with E-state index in [-0.39, 0.29) is 11.5 Å². The summed E-state index contributed by atoms with van der Waals surface area (Å²) in [6, 6.07) is 15.4. The summed E-state index contributed by atoms with van der Waals surface area (Å²) in [5, 5.41) is 4.64. The van der Waals surface area contributed by atoms with Gasteiger partial charge in [-0.05, 0) is 66.6 Å². The molecular weight excluding hydrogens is 348 g/mol. The van der Waals surface area contributed by atoms with Crippen molar-refractivity contribution in [3.8, 4) is 0 Å². The van der Waals surface area contributed by atoms with Gasteiger partial charge >= 0.3 is 0 Å². The zero-order valence-corrected chi connectivity index (χ0v) is 15.4. The fraction of sp³-hybridized carbons (Fsp3) is 0.238. The van der Waals surface area contributed by atoms with Gasteiger partial charge in [-0.1, -0.05) is 29.8 Å². The number of nitrogens with one attached hydrogen (secondary N) is 2. The van der Waals surface area contributed by atoms with Crippen molar-refractivity contribution in [1.29, 1.82) is 0 Å². The van der Waals surface area contributed by atoms with Crippen LogP contribution in [0, 0.1) is 6.92 Å². The minimum Gasteiger partial charge on any atom is -0.356 e. The van der Waals surface area contributed by atoms with Crippen molar-refractivity contribution in [3.05, 3.63) is 80.6 Å². The standard InChI is InChI=1S/C21H21ClN2O2/c1-14-11-17-12-16(5-7-19(17)24-21(14)26)6-8-20(25)23-10-9-15-3-2-4-18(22)13-15/h2-5,7,11-13H,6,8-10H2,1H3,(H,23,25)(H,24,26). The Hall–Kier alpha value is -2.59. The number of aromatic amines is 1. The number of aryl methyl sites for hydroxylation is 2. The quantitative estimate of drug-likeness (QED) is 0.695. The van der Waals surface area contributed by atoms with E-state index in [0.717, 1.165) is 28.5 Å². The molecule has 3 rings (SSSR count). The van der Waals surface area contributed by atoms with E-state index in [4.69, 9.17) is 11.6 Å². The van der Waals surface area contributed by atoms with Gasteiger partial charge in [0, 0.05) is 29.1 Å². The van der Waals surface area contributed by atoms with Gasteiger partial charge in [0.05, 0.1) is 0 Å². The van der Waals surface area contributed by atoms with E-state index in [9.17, 15) is 9.59 Å². The summed E-state index contributed by atoms with van der Waals surface area (Å²) >= 11 is 5.96. The molecule has 0 aliphatic rings. The Kier molecular flexibility index (Phi) is 5.74. The van der Waals surface area contributed by atoms with Gasteiger partial charge in [-0.15, -0.1) is 0 Å². The first kappa shape index (κ1) is 18.2. The van der Waals surface area contributed by atoms with Gasteiger partial charge < -0.3 is 10.3 Å². The summed E-state index contributed by atoms with van der Waals surface area (Å²) in [5.41, 5.74) is 3.62. The zero-order valence-electron chi connectivity index (χ0n) is 14.6. The van der Waals surface area contributed by atoms with Crippen molar-refractivity contribution in [3.63, 3.8) is 0 Å². The number of halogens is 1. The molecule has 2 aromatic carbocycles. The van der Waals surface area contributed by atoms with Gasteiger partial charge in [0.15, 0.2) is 0 Å². The lowest BCUT2D eigenvalue weighted by molar-refractivity contribution is -0.121. The molecule has 0 aliphatic heterocycles. The number of hydrogen-bond donors (Lipinski definition) is 2. The number of fused-ring (bicyclic) bond motifs is 1. The first-order valence-corrected chi connectivity index (χ1v) is 9.03. The van der Waals surface area contributed by atoms with Crippen LogP contribution in [-0.4, -0.2) is 17.4 Å². The Balaban J connectivity index is 1.52. The van der Waals surface area contributed by atoms with E-state index >= 15 is 0 Å². The summed E-state index contributed by atoms with van der Waals surface area (Å²) in [6.45, 7) is 2.38. The Labute approximate surface area is 157 Å². The van der Waals surface area contributed by atoms with Crippen molar-refractivity contribution >= 4 is 28.4 Å². The molecule has 5 heteroatoms. The molecule has 2 N–H and O–H groups in total. The summed E-state index contributed by atoms with van der Waals surface area (Å²) in [5.74, 6) is 0.0322. The normalized spacial score (nSPS) is 10.8. The lowest BCUT2D eigenvalue weighted by atomic mass is 10.1. The highest BCUT2D eigenvalue weighted by molar-refractivity contribution is 6.30. The molecule has 0 spiro atoms. The van der Waals surface area contributed by atoms with E-state index in [1.54, 1.807) is 6.92 Å². The van der Waals surface area contributed by atoms with Crippen molar-refractivity contribution in [2.24, 2.45) is 0 Å². The predicted octanol–water partition coefficient (Wildman–Crippen LogP) is 3.78. The lowest BCUT2D eigenvalue weighted by Crippen LogP contribution is -2.25. The third-order valence-corrected chi connectivity index (χ3v) is 4.60. The third-order valence-electron chi connectivity index (χ3n) is 4.36. The van der Waals surface area contributed by atoms with E-state index in [1.807, 2.05) is 48.5 Å². The Morgan fingerprint density at radius 1 is 1.08 bits per heavy atom. The number of carbonyl (C=O) groups excluding carboxylic acids is 1. The molecule has 0 saturated heterocycles. The summed E-state index contributed by atoms with van der Waals surface area (Å²) < 4.78 is 0. The number of amides is 1. The first-order valence-electron chi connectivity index (χ1n) is 8.65. The van der Waals surface area contributed by atoms with Crippen LogP contribution in [0.5, 0.6) is 0 Å². The van der Waals surface area contributed by atoms with Crippen LogP contribution in [-0.2, 0) is 17.6 Å². The third kappa shape index (κ3) is 4.73. The number of aromatic nitrogens is 1. The molecule has 1 heterocycles. The molecule has 0 fully saturated rings. The Morgan fingerprint density at radius 3 is 2.69 bits per heavy atom. The second-order valence-corrected chi connectivity index (χ2v) is 6.87. The highest BCUT2D eigenvalue weighted by Gasteiger charge is 2.05. The van der Waals surface area contributed by atoms with Gasteiger partial charge in [-0.25, -0.2) is 0 Å². The first-order chi connectivity index (χ1) is 12.5. The summed E-state index contributed by atoms with van der Waals surface area (Å²) in [4.78, 5) is 26.5. The largest absolute Gasteiger partial charge is 0.356 e. The van der Waals surface area contributed by atoms with Crippen LogP contribution in [0.25, 0.3) is 10.9 Å². The van der Waals surface area contributed by atoms with Gasteiger partial charge in [0.25, 0.3) is 5.56 Å². The van der Waals surface area contributed by atoms with Crippen LogP contribution in [0.15, 0.2) is 53.3 Å². The predicted molar refractivity (Wildman–Crippen MR) is 106 cm³/mol. The van der Waals surface area contributed by atoms with Crippen LogP contribution in [0.1, 0.15) is 23.1 Å². The number of H-pyrrole nitrogens is 1. The molecule has 134 valence electrons. The molecule has 0 radical (unpaired) electrons. The SMILES string of the molecule is Cc1cc2cc(CCC(=O)NCCc3cccc(Cl)c3)ccc2[nH]c1=O. The highest BCUT2D eigenvalue weighted by atomic mass is 35.5. The van der Waals surface area contributed by atoms with E-state index < -0.39 is 0 Å². The molecular formula is C21H21ClN2O2. The van der Waals surface area contributed by atoms with Crippen LogP contribution >= 0.6 is 11.6 Å². The smallest absolute Gasteiger partial charge is 0.251 e. The maximum atomic E-state index is 12.1. The second-order valence-electron chi connectivity index (χ2n) is 6.43. The Morgan fingerprint density at radius 2 is 1.88 bits per heavy atom. The van der Waals surface area contributed by atoms with Gasteiger partial charge in [-0.2, -0.15) is 0 Å². The van der Waals surface area contributed by atoms with Crippen LogP contribution in [0.4, 0.5) is 0 Å². The van der Waals surface area contributed by atoms with E-state index in [2.05, 4.69) is 10.3 Å². The van der Waals surface area contributed by atoms with E-state index in [1.165, 1.54) is 0 Å². The minimum atomic E-state index is -0.0654. The van der Waals surface area contributed by atoms with Crippen molar-refractivity contribution in [2.45, 2.75) is 26.2 Å². The maximum absolute atomic E-state index is 12.1. The number of benzene rings is 2. The molecule has 0 atom stereocenters. The van der Waals surface area contributed by atoms with Crippen molar-refractivity contribution in [2.75, 3.05) is 6.54 Å². The van der Waals surface area contributed by atoms with Gasteiger partial charge in [0.2, 0.25) is 5.91 Å². The van der Waals surface area contributed by atoms with Crippen LogP contribution < -0.4 is 10.9 Å². The van der Waals surface area contributed by atoms with Crippen molar-refractivity contribution in [1.82, 2.24) is 10.3 Å². The second kappa shape index (κ2) is 8.19. The topological polar surface area (TPSA) is 62.0 Å². The fourth-order valence-corrected chi connectivity index (χ4v) is 3.12. The van der Waals surface area contributed by atoms with Crippen molar-refractivity contribution < 1.29 is 4.79 Å². The molecule has 1 amide bonds. The maximum Gasteiger partial charge on any atom is 0.251 e. The number of carbonyl (C=O) groups is 1. The number of rotatable bonds is 6. The molecule has 0 aliphatic carbocycles.